The maximum absolute atomic E-state index is 2.54. The molecule has 0 saturated heterocycles. The molecule has 0 N–H and O–H groups in total. The number of nitrogens with zero attached hydrogens (tertiary/aromatic N) is 2. The van der Waals surface area contributed by atoms with Gasteiger partial charge in [-0.3, -0.25) is 0 Å². The quantitative estimate of drug-likeness (QED) is 0.156. The summed E-state index contributed by atoms with van der Waals surface area (Å²) in [6, 6.07) is 91.2. The van der Waals surface area contributed by atoms with Gasteiger partial charge in [0.15, 0.2) is 0 Å². The van der Waals surface area contributed by atoms with Crippen molar-refractivity contribution in [1.82, 2.24) is 8.80 Å². The van der Waals surface area contributed by atoms with Crippen LogP contribution in [0.5, 0.6) is 0 Å². The summed E-state index contributed by atoms with van der Waals surface area (Å²) in [6.45, 7) is 0. The lowest BCUT2D eigenvalue weighted by molar-refractivity contribution is 1.37. The van der Waals surface area contributed by atoms with E-state index in [1.807, 2.05) is 0 Å². The standard InChI is InChI=1S/C70H40N2/c1-2-18-41(19-3-1)64-48-22-4-6-24-50(48)67(51-25-7-5-23-49(51)64)68-52-28-12-26-42(46-30-16-38-62-65(46)56-34-14-32-54-44-20-8-10-36-60(44)71(62)69(54)56)58(52)40-59-43(27-13-29-53(59)68)47-31-17-39-63-66(47)57-35-15-33-55-45-21-9-11-37-61(45)72(63)70(55)57/h1-40H. The number of para-hydroxylation sites is 4. The molecular weight excluding hydrogens is 869 g/mol. The molecule has 13 aromatic carbocycles. The van der Waals surface area contributed by atoms with Crippen molar-refractivity contribution in [2.75, 3.05) is 0 Å². The van der Waals surface area contributed by atoms with Crippen molar-refractivity contribution < 1.29 is 0 Å². The third-order valence-electron chi connectivity index (χ3n) is 16.4. The molecule has 17 aromatic rings. The highest BCUT2D eigenvalue weighted by Gasteiger charge is 2.26. The largest absolute Gasteiger partial charge is 0.308 e. The Morgan fingerprint density at radius 2 is 0.514 bits per heavy atom. The summed E-state index contributed by atoms with van der Waals surface area (Å²) in [5.74, 6) is 0. The Morgan fingerprint density at radius 3 is 1.00 bits per heavy atom. The van der Waals surface area contributed by atoms with Gasteiger partial charge < -0.3 is 8.80 Å². The lowest BCUT2D eigenvalue weighted by Gasteiger charge is -2.22. The van der Waals surface area contributed by atoms with Gasteiger partial charge in [-0.2, -0.15) is 0 Å². The van der Waals surface area contributed by atoms with Crippen molar-refractivity contribution in [2.45, 2.75) is 0 Å². The lowest BCUT2D eigenvalue weighted by Crippen LogP contribution is -1.95. The lowest BCUT2D eigenvalue weighted by atomic mass is 9.81. The van der Waals surface area contributed by atoms with Crippen LogP contribution in [0.4, 0.5) is 0 Å². The molecule has 0 aliphatic rings. The second-order valence-electron chi connectivity index (χ2n) is 19.8. The Balaban J connectivity index is 1.05. The van der Waals surface area contributed by atoms with Gasteiger partial charge in [0.05, 0.1) is 33.1 Å². The van der Waals surface area contributed by atoms with Crippen LogP contribution >= 0.6 is 0 Å². The van der Waals surface area contributed by atoms with Crippen molar-refractivity contribution in [3.8, 4) is 44.5 Å². The maximum atomic E-state index is 2.54. The first-order chi connectivity index (χ1) is 35.8. The molecule has 0 spiro atoms. The number of aromatic nitrogens is 2. The minimum atomic E-state index is 1.22. The number of hydrogen-bond donors (Lipinski definition) is 0. The zero-order valence-electron chi connectivity index (χ0n) is 39.0. The van der Waals surface area contributed by atoms with Gasteiger partial charge in [0.2, 0.25) is 0 Å². The molecular formula is C70H40N2. The number of benzene rings is 13. The van der Waals surface area contributed by atoms with Gasteiger partial charge >= 0.3 is 0 Å². The van der Waals surface area contributed by atoms with E-state index in [1.54, 1.807) is 0 Å². The van der Waals surface area contributed by atoms with Crippen LogP contribution in [0.1, 0.15) is 0 Å². The fourth-order valence-corrected chi connectivity index (χ4v) is 13.6. The first-order valence-electron chi connectivity index (χ1n) is 25.1. The highest BCUT2D eigenvalue weighted by molar-refractivity contribution is 6.32. The van der Waals surface area contributed by atoms with Gasteiger partial charge in [0.1, 0.15) is 0 Å². The molecule has 0 atom stereocenters. The maximum Gasteiger partial charge on any atom is 0.0620 e. The zero-order valence-corrected chi connectivity index (χ0v) is 39.0. The first kappa shape index (κ1) is 38.4. The van der Waals surface area contributed by atoms with Crippen LogP contribution in [0.2, 0.25) is 0 Å². The van der Waals surface area contributed by atoms with E-state index in [2.05, 4.69) is 251 Å². The first-order valence-corrected chi connectivity index (χ1v) is 25.1. The van der Waals surface area contributed by atoms with E-state index in [1.165, 1.54) is 164 Å². The van der Waals surface area contributed by atoms with Crippen molar-refractivity contribution >= 4 is 119 Å². The molecule has 0 saturated carbocycles. The fourth-order valence-electron chi connectivity index (χ4n) is 13.6. The SMILES string of the molecule is c1ccc(-c2c3ccccc3c(-c3c4cccc(-c5cccc6c5c5cccc7c8ccccc8n6c75)c4cc4c(-c5cccc6c5c5cccc7c8ccccc8n6c75)cccc34)c3ccccc23)cc1. The molecule has 0 aliphatic heterocycles. The van der Waals surface area contributed by atoms with Gasteiger partial charge in [0, 0.05) is 43.1 Å². The fraction of sp³-hybridized carbons (Fsp3) is 0. The summed E-state index contributed by atoms with van der Waals surface area (Å²) in [4.78, 5) is 0. The summed E-state index contributed by atoms with van der Waals surface area (Å²) < 4.78 is 5.01. The van der Waals surface area contributed by atoms with Gasteiger partial charge in [-0.1, -0.05) is 212 Å². The third kappa shape index (κ3) is 4.83. The van der Waals surface area contributed by atoms with Gasteiger partial charge in [-0.15, -0.1) is 0 Å². The molecule has 330 valence electrons. The minimum absolute atomic E-state index is 1.22. The summed E-state index contributed by atoms with van der Waals surface area (Å²) >= 11 is 0. The number of fused-ring (bicyclic) bond motifs is 16. The molecule has 0 radical (unpaired) electrons. The monoisotopic (exact) mass is 908 g/mol. The molecule has 4 aromatic heterocycles. The smallest absolute Gasteiger partial charge is 0.0620 e. The predicted molar refractivity (Wildman–Crippen MR) is 308 cm³/mol. The summed E-state index contributed by atoms with van der Waals surface area (Å²) in [7, 11) is 0. The number of hydrogen-bond acceptors (Lipinski definition) is 0. The van der Waals surface area contributed by atoms with Crippen LogP contribution in [0, 0.1) is 0 Å². The summed E-state index contributed by atoms with van der Waals surface area (Å²) in [5.41, 5.74) is 17.5. The Labute approximate surface area is 413 Å². The zero-order chi connectivity index (χ0) is 46.8. The second kappa shape index (κ2) is 14.1. The van der Waals surface area contributed by atoms with E-state index in [9.17, 15) is 0 Å². The average Bonchev–Trinajstić information content (AvgIpc) is 4.19. The molecule has 0 aliphatic carbocycles. The minimum Gasteiger partial charge on any atom is -0.308 e. The summed E-state index contributed by atoms with van der Waals surface area (Å²) in [6.07, 6.45) is 0. The van der Waals surface area contributed by atoms with E-state index < -0.39 is 0 Å². The Hall–Kier alpha value is -9.50. The highest BCUT2D eigenvalue weighted by atomic mass is 14.9. The normalized spacial score (nSPS) is 12.4. The van der Waals surface area contributed by atoms with Crippen LogP contribution in [0.15, 0.2) is 243 Å². The van der Waals surface area contributed by atoms with E-state index in [0.717, 1.165) is 0 Å². The topological polar surface area (TPSA) is 8.82 Å². The van der Waals surface area contributed by atoms with Crippen molar-refractivity contribution in [2.24, 2.45) is 0 Å². The van der Waals surface area contributed by atoms with Gasteiger partial charge in [-0.05, 0) is 118 Å². The molecule has 72 heavy (non-hydrogen) atoms. The van der Waals surface area contributed by atoms with Crippen molar-refractivity contribution in [1.29, 1.82) is 0 Å². The van der Waals surface area contributed by atoms with E-state index >= 15 is 0 Å². The van der Waals surface area contributed by atoms with Crippen LogP contribution in [-0.4, -0.2) is 8.80 Å². The van der Waals surface area contributed by atoms with E-state index in [4.69, 9.17) is 0 Å². The molecule has 0 bridgehead atoms. The molecule has 2 heteroatoms. The Bertz CT molecular complexity index is 4850. The van der Waals surface area contributed by atoms with Crippen LogP contribution in [-0.2, 0) is 0 Å². The van der Waals surface area contributed by atoms with E-state index in [0.29, 0.717) is 0 Å². The number of rotatable bonds is 4. The van der Waals surface area contributed by atoms with Crippen LogP contribution < -0.4 is 0 Å². The third-order valence-corrected chi connectivity index (χ3v) is 16.4. The summed E-state index contributed by atoms with van der Waals surface area (Å²) in [5, 5.41) is 20.3. The average molecular weight is 909 g/mol. The predicted octanol–water partition coefficient (Wildman–Crippen LogP) is 19.3. The molecule has 2 nitrogen and oxygen atoms in total. The van der Waals surface area contributed by atoms with Crippen molar-refractivity contribution in [3.05, 3.63) is 243 Å². The van der Waals surface area contributed by atoms with Gasteiger partial charge in [-0.25, -0.2) is 0 Å². The molecule has 0 fully saturated rings. The second-order valence-corrected chi connectivity index (χ2v) is 19.8. The Morgan fingerprint density at radius 1 is 0.194 bits per heavy atom. The molecule has 4 heterocycles. The van der Waals surface area contributed by atoms with E-state index in [-0.39, 0.29) is 0 Å². The molecule has 17 rings (SSSR count). The van der Waals surface area contributed by atoms with Crippen molar-refractivity contribution in [3.63, 3.8) is 0 Å². The van der Waals surface area contributed by atoms with Crippen LogP contribution in [0.3, 0.4) is 0 Å². The molecule has 0 amide bonds. The highest BCUT2D eigenvalue weighted by Crippen LogP contribution is 2.52. The Kier molecular flexibility index (Phi) is 7.49. The van der Waals surface area contributed by atoms with Crippen LogP contribution in [0.25, 0.3) is 164 Å². The van der Waals surface area contributed by atoms with Gasteiger partial charge in [0.25, 0.3) is 0 Å². The molecule has 0 unspecified atom stereocenters.